The lowest BCUT2D eigenvalue weighted by Gasteiger charge is -2.31. The molecule has 0 N–H and O–H groups in total. The number of hydrogen-bond acceptors (Lipinski definition) is 2. The predicted octanol–water partition coefficient (Wildman–Crippen LogP) is 0.819. The molecule has 1 heterocycles. The van der Waals surface area contributed by atoms with Gasteiger partial charge in [-0.05, 0) is 36.4 Å². The highest BCUT2D eigenvalue weighted by atomic mass is 79.9. The molecule has 0 saturated heterocycles. The van der Waals surface area contributed by atoms with Crippen molar-refractivity contribution in [3.63, 3.8) is 0 Å². The van der Waals surface area contributed by atoms with Crippen molar-refractivity contribution < 1.29 is 17.0 Å². The van der Waals surface area contributed by atoms with Crippen LogP contribution in [0.3, 0.4) is 0 Å². The monoisotopic (exact) mass is 410 g/mol. The topological polar surface area (TPSA) is 24.7 Å². The van der Waals surface area contributed by atoms with Crippen molar-refractivity contribution in [2.24, 2.45) is 10.2 Å². The molecule has 0 aromatic heterocycles. The smallest absolute Gasteiger partial charge is 0.126 e. The molecule has 0 spiro atoms. The highest BCUT2D eigenvalue weighted by molar-refractivity contribution is 7.96. The van der Waals surface area contributed by atoms with Crippen LogP contribution in [-0.2, 0) is 0 Å². The Morgan fingerprint density at radius 3 is 1.20 bits per heavy atom. The van der Waals surface area contributed by atoms with Crippen LogP contribution in [0.25, 0.3) is 0 Å². The van der Waals surface area contributed by atoms with Gasteiger partial charge in [0, 0.05) is 0 Å². The van der Waals surface area contributed by atoms with Crippen LogP contribution in [-0.4, -0.2) is 18.7 Å². The molecule has 4 rings (SSSR count). The number of halogens is 1. The number of azo groups is 1. The number of hydrogen-bond donors (Lipinski definition) is 0. The summed E-state index contributed by atoms with van der Waals surface area (Å²) in [5.74, 6) is 0. The maximum atomic E-state index is 4.36. The molecule has 0 fully saturated rings. The summed E-state index contributed by atoms with van der Waals surface area (Å²) in [5.41, 5.74) is 0.435. The van der Waals surface area contributed by atoms with Crippen molar-refractivity contribution in [1.29, 1.82) is 0 Å². The summed E-state index contributed by atoms with van der Waals surface area (Å²) in [7, 11) is -1.79. The van der Waals surface area contributed by atoms with E-state index in [9.17, 15) is 0 Å². The van der Waals surface area contributed by atoms with Crippen LogP contribution in [0.1, 0.15) is 0 Å². The molecule has 0 amide bonds. The molecular formula is C21H20BrN2P. The molecule has 0 atom stereocenters. The van der Waals surface area contributed by atoms with E-state index < -0.39 is 7.26 Å². The van der Waals surface area contributed by atoms with E-state index in [1.807, 2.05) is 0 Å². The first-order valence-corrected chi connectivity index (χ1v) is 10.2. The molecule has 3 aromatic rings. The molecule has 0 bridgehead atoms. The van der Waals surface area contributed by atoms with Crippen LogP contribution in [0.2, 0.25) is 0 Å². The molecule has 1 aliphatic heterocycles. The van der Waals surface area contributed by atoms with Gasteiger partial charge in [-0.25, -0.2) is 0 Å². The highest BCUT2D eigenvalue weighted by Gasteiger charge is 2.53. The first-order chi connectivity index (χ1) is 11.9. The van der Waals surface area contributed by atoms with E-state index in [-0.39, 0.29) is 17.0 Å². The van der Waals surface area contributed by atoms with Gasteiger partial charge in [0.1, 0.15) is 28.8 Å². The summed E-state index contributed by atoms with van der Waals surface area (Å²) >= 11 is 0. The van der Waals surface area contributed by atoms with Gasteiger partial charge in [0.25, 0.3) is 0 Å². The molecule has 0 saturated carbocycles. The van der Waals surface area contributed by atoms with Crippen LogP contribution >= 0.6 is 7.26 Å². The fraction of sp³-hybridized carbons (Fsp3) is 0.143. The van der Waals surface area contributed by atoms with E-state index in [0.29, 0.717) is 5.66 Å². The molecule has 3 aromatic carbocycles. The van der Waals surface area contributed by atoms with Crippen LogP contribution in [0.4, 0.5) is 0 Å². The van der Waals surface area contributed by atoms with E-state index >= 15 is 0 Å². The van der Waals surface area contributed by atoms with Gasteiger partial charge < -0.3 is 17.0 Å². The van der Waals surface area contributed by atoms with Gasteiger partial charge in [-0.2, -0.15) is 10.2 Å². The van der Waals surface area contributed by atoms with Gasteiger partial charge in [0.05, 0.1) is 13.1 Å². The Morgan fingerprint density at radius 1 is 0.560 bits per heavy atom. The summed E-state index contributed by atoms with van der Waals surface area (Å²) in [5, 5.41) is 13.0. The third-order valence-corrected chi connectivity index (χ3v) is 9.48. The fourth-order valence-corrected chi connectivity index (χ4v) is 8.40. The van der Waals surface area contributed by atoms with Crippen molar-refractivity contribution in [2.45, 2.75) is 5.66 Å². The number of rotatable bonds is 4. The Morgan fingerprint density at radius 2 is 0.880 bits per heavy atom. The summed E-state index contributed by atoms with van der Waals surface area (Å²) < 4.78 is 0. The second-order valence-electron chi connectivity index (χ2n) is 6.03. The normalized spacial score (nSPS) is 14.2. The lowest BCUT2D eigenvalue weighted by Crippen LogP contribution is -3.00. The summed E-state index contributed by atoms with van der Waals surface area (Å²) in [6, 6.07) is 32.9. The maximum Gasteiger partial charge on any atom is 0.126 e. The minimum Gasteiger partial charge on any atom is -1.00 e. The van der Waals surface area contributed by atoms with Gasteiger partial charge in [-0.15, -0.1) is 0 Å². The Balaban J connectivity index is 0.00000182. The second-order valence-corrected chi connectivity index (χ2v) is 9.76. The van der Waals surface area contributed by atoms with Crippen LogP contribution in [0.5, 0.6) is 0 Å². The minimum absolute atomic E-state index is 0. The average Bonchev–Trinajstić information content (AvgIpc) is 3.20. The second kappa shape index (κ2) is 8.03. The molecule has 0 unspecified atom stereocenters. The van der Waals surface area contributed by atoms with Gasteiger partial charge in [-0.1, -0.05) is 54.6 Å². The Hall–Kier alpha value is -1.83. The van der Waals surface area contributed by atoms with Crippen LogP contribution < -0.4 is 32.9 Å². The van der Waals surface area contributed by atoms with E-state index in [2.05, 4.69) is 101 Å². The fourth-order valence-electron chi connectivity index (χ4n) is 3.68. The zero-order valence-electron chi connectivity index (χ0n) is 13.9. The standard InChI is InChI=1S/C21H20N2P.BrH/c1-4-10-18(11-5-1)24(21-16-22-23-17-21,19-12-6-2-7-13-19)20-14-8-3-9-15-20;/h1-15,21H,16-17H2;1H/q+1;/p-1. The minimum atomic E-state index is -1.79. The quantitative estimate of drug-likeness (QED) is 0.569. The molecule has 25 heavy (non-hydrogen) atoms. The number of nitrogens with zero attached hydrogens (tertiary/aromatic N) is 2. The predicted molar refractivity (Wildman–Crippen MR) is 104 cm³/mol. The molecule has 126 valence electrons. The van der Waals surface area contributed by atoms with Gasteiger partial charge >= 0.3 is 0 Å². The van der Waals surface area contributed by atoms with Crippen molar-refractivity contribution in [3.8, 4) is 0 Å². The van der Waals surface area contributed by atoms with Crippen LogP contribution in [0, 0.1) is 0 Å². The van der Waals surface area contributed by atoms with E-state index in [1.54, 1.807) is 0 Å². The lowest BCUT2D eigenvalue weighted by molar-refractivity contribution is -0.00000466. The van der Waals surface area contributed by atoms with E-state index in [0.717, 1.165) is 13.1 Å². The third-order valence-electron chi connectivity index (χ3n) is 4.72. The SMILES string of the molecule is [Br-].c1ccc([P+](c2ccccc2)(c2ccccc2)C2CN=NC2)cc1. The number of benzene rings is 3. The van der Waals surface area contributed by atoms with E-state index in [1.165, 1.54) is 15.9 Å². The van der Waals surface area contributed by atoms with Crippen molar-refractivity contribution in [1.82, 2.24) is 0 Å². The lowest BCUT2D eigenvalue weighted by atomic mass is 10.3. The van der Waals surface area contributed by atoms with Gasteiger partial charge in [-0.3, -0.25) is 0 Å². The molecule has 0 radical (unpaired) electrons. The van der Waals surface area contributed by atoms with Crippen LogP contribution in [0.15, 0.2) is 101 Å². The molecular weight excluding hydrogens is 391 g/mol. The molecule has 0 aliphatic carbocycles. The zero-order valence-corrected chi connectivity index (χ0v) is 16.4. The van der Waals surface area contributed by atoms with Gasteiger partial charge in [0.15, 0.2) is 0 Å². The third kappa shape index (κ3) is 3.19. The molecule has 4 heteroatoms. The molecule has 1 aliphatic rings. The van der Waals surface area contributed by atoms with Crippen molar-refractivity contribution in [2.75, 3.05) is 13.1 Å². The zero-order chi connectivity index (χ0) is 16.2. The summed E-state index contributed by atoms with van der Waals surface area (Å²) in [6.07, 6.45) is 0. The Kier molecular flexibility index (Phi) is 5.78. The first kappa shape index (κ1) is 18.0. The Bertz CT molecular complexity index is 718. The average molecular weight is 411 g/mol. The Labute approximate surface area is 160 Å². The highest BCUT2D eigenvalue weighted by Crippen LogP contribution is 2.60. The van der Waals surface area contributed by atoms with E-state index in [4.69, 9.17) is 0 Å². The summed E-state index contributed by atoms with van der Waals surface area (Å²) in [4.78, 5) is 0. The van der Waals surface area contributed by atoms with Crippen molar-refractivity contribution in [3.05, 3.63) is 91.0 Å². The first-order valence-electron chi connectivity index (χ1n) is 8.31. The van der Waals surface area contributed by atoms with Crippen molar-refractivity contribution >= 4 is 23.2 Å². The summed E-state index contributed by atoms with van der Waals surface area (Å²) in [6.45, 7) is 1.62. The van der Waals surface area contributed by atoms with Gasteiger partial charge in [0.2, 0.25) is 0 Å². The molecule has 2 nitrogen and oxygen atoms in total. The maximum absolute atomic E-state index is 4.36. The largest absolute Gasteiger partial charge is 1.00 e.